The van der Waals surface area contributed by atoms with Gasteiger partial charge in [-0.3, -0.25) is 9.59 Å². The highest BCUT2D eigenvalue weighted by Crippen LogP contribution is 2.23. The van der Waals surface area contributed by atoms with Gasteiger partial charge in [-0.1, -0.05) is 0 Å². The van der Waals surface area contributed by atoms with E-state index in [1.165, 1.54) is 0 Å². The van der Waals surface area contributed by atoms with Crippen molar-refractivity contribution in [3.05, 3.63) is 0 Å². The Morgan fingerprint density at radius 1 is 1.45 bits per heavy atom. The number of hydrogen-bond acceptors (Lipinski definition) is 4. The zero-order valence-corrected chi connectivity index (χ0v) is 12.1. The van der Waals surface area contributed by atoms with E-state index in [0.717, 1.165) is 19.4 Å². The van der Waals surface area contributed by atoms with Gasteiger partial charge in [0, 0.05) is 46.3 Å². The van der Waals surface area contributed by atoms with Crippen LogP contribution in [-0.2, 0) is 14.3 Å². The Balaban J connectivity index is 1.88. The first-order valence-electron chi connectivity index (χ1n) is 7.32. The molecule has 0 radical (unpaired) electrons. The second-order valence-electron chi connectivity index (χ2n) is 5.71. The van der Waals surface area contributed by atoms with Crippen LogP contribution in [0, 0.1) is 11.8 Å². The van der Waals surface area contributed by atoms with E-state index in [1.54, 1.807) is 12.0 Å². The van der Waals surface area contributed by atoms with Gasteiger partial charge in [0.2, 0.25) is 11.8 Å². The summed E-state index contributed by atoms with van der Waals surface area (Å²) in [5.74, 6) is 0.0683. The molecule has 0 aromatic heterocycles. The van der Waals surface area contributed by atoms with Gasteiger partial charge in [-0.25, -0.2) is 0 Å². The maximum atomic E-state index is 12.5. The van der Waals surface area contributed by atoms with Crippen LogP contribution in [0.15, 0.2) is 0 Å². The van der Waals surface area contributed by atoms with Gasteiger partial charge in [0.15, 0.2) is 0 Å². The van der Waals surface area contributed by atoms with E-state index in [1.807, 2.05) is 4.90 Å². The lowest BCUT2D eigenvalue weighted by molar-refractivity contribution is -0.137. The van der Waals surface area contributed by atoms with Crippen molar-refractivity contribution >= 4 is 11.8 Å². The van der Waals surface area contributed by atoms with Crippen LogP contribution in [0.1, 0.15) is 19.3 Å². The summed E-state index contributed by atoms with van der Waals surface area (Å²) < 4.78 is 4.98. The SMILES string of the molecule is COCCN1CC(C(=O)N2CCCC(CO)C2)CC1=O. The molecule has 0 aromatic rings. The molecule has 0 aliphatic carbocycles. The van der Waals surface area contributed by atoms with Crippen LogP contribution < -0.4 is 0 Å². The Morgan fingerprint density at radius 3 is 2.95 bits per heavy atom. The number of hydrogen-bond donors (Lipinski definition) is 1. The van der Waals surface area contributed by atoms with Gasteiger partial charge >= 0.3 is 0 Å². The molecule has 2 atom stereocenters. The van der Waals surface area contributed by atoms with Crippen LogP contribution in [0.25, 0.3) is 0 Å². The van der Waals surface area contributed by atoms with Gasteiger partial charge in [0.05, 0.1) is 12.5 Å². The summed E-state index contributed by atoms with van der Waals surface area (Å²) >= 11 is 0. The standard InChI is InChI=1S/C14H24N2O4/c1-20-6-5-15-9-12(7-13(15)18)14(19)16-4-2-3-11(8-16)10-17/h11-12,17H,2-10H2,1H3. The highest BCUT2D eigenvalue weighted by Gasteiger charge is 2.37. The van der Waals surface area contributed by atoms with E-state index in [0.29, 0.717) is 32.7 Å². The van der Waals surface area contributed by atoms with Crippen molar-refractivity contribution in [1.82, 2.24) is 9.80 Å². The Kier molecular flexibility index (Phi) is 5.37. The summed E-state index contributed by atoms with van der Waals surface area (Å²) in [5.41, 5.74) is 0. The zero-order valence-electron chi connectivity index (χ0n) is 12.1. The van der Waals surface area contributed by atoms with Crippen LogP contribution in [0.2, 0.25) is 0 Å². The maximum Gasteiger partial charge on any atom is 0.228 e. The van der Waals surface area contributed by atoms with Gasteiger partial charge in [0.25, 0.3) is 0 Å². The van der Waals surface area contributed by atoms with Crippen molar-refractivity contribution in [3.63, 3.8) is 0 Å². The minimum absolute atomic E-state index is 0.0381. The molecule has 0 bridgehead atoms. The first-order chi connectivity index (χ1) is 9.65. The predicted octanol–water partition coefficient (Wildman–Crippen LogP) is -0.288. The van der Waals surface area contributed by atoms with E-state index in [4.69, 9.17) is 4.74 Å². The second kappa shape index (κ2) is 7.04. The minimum Gasteiger partial charge on any atom is -0.396 e. The van der Waals surface area contributed by atoms with Gasteiger partial charge < -0.3 is 19.6 Å². The molecule has 20 heavy (non-hydrogen) atoms. The molecule has 0 spiro atoms. The Bertz CT molecular complexity index is 361. The highest BCUT2D eigenvalue weighted by atomic mass is 16.5. The summed E-state index contributed by atoms with van der Waals surface area (Å²) in [4.78, 5) is 27.8. The molecule has 0 saturated carbocycles. The maximum absolute atomic E-state index is 12.5. The van der Waals surface area contributed by atoms with Crippen molar-refractivity contribution in [2.24, 2.45) is 11.8 Å². The number of likely N-dealkylation sites (tertiary alicyclic amines) is 2. The van der Waals surface area contributed by atoms with Gasteiger partial charge in [-0.05, 0) is 18.8 Å². The number of amides is 2. The number of methoxy groups -OCH3 is 1. The molecule has 2 unspecified atom stereocenters. The number of aliphatic hydroxyl groups is 1. The molecule has 2 saturated heterocycles. The van der Waals surface area contributed by atoms with Gasteiger partial charge in [0.1, 0.15) is 0 Å². The monoisotopic (exact) mass is 284 g/mol. The van der Waals surface area contributed by atoms with Crippen LogP contribution in [0.3, 0.4) is 0 Å². The van der Waals surface area contributed by atoms with Crippen molar-refractivity contribution in [2.45, 2.75) is 19.3 Å². The van der Waals surface area contributed by atoms with Crippen molar-refractivity contribution in [3.8, 4) is 0 Å². The van der Waals surface area contributed by atoms with E-state index >= 15 is 0 Å². The van der Waals surface area contributed by atoms with Crippen LogP contribution in [0.5, 0.6) is 0 Å². The number of carbonyl (C=O) groups is 2. The smallest absolute Gasteiger partial charge is 0.228 e. The Morgan fingerprint density at radius 2 is 2.25 bits per heavy atom. The molecular weight excluding hydrogens is 260 g/mol. The Labute approximate surface area is 119 Å². The van der Waals surface area contributed by atoms with Crippen LogP contribution in [0.4, 0.5) is 0 Å². The molecule has 2 aliphatic rings. The number of nitrogens with zero attached hydrogens (tertiary/aromatic N) is 2. The third kappa shape index (κ3) is 3.49. The number of carbonyl (C=O) groups excluding carboxylic acids is 2. The summed E-state index contributed by atoms with van der Waals surface area (Å²) in [7, 11) is 1.60. The molecule has 0 aromatic carbocycles. The van der Waals surface area contributed by atoms with Crippen molar-refractivity contribution in [2.75, 3.05) is 46.5 Å². The van der Waals surface area contributed by atoms with Crippen LogP contribution in [-0.4, -0.2) is 73.2 Å². The minimum atomic E-state index is -0.225. The zero-order chi connectivity index (χ0) is 14.5. The fourth-order valence-corrected chi connectivity index (χ4v) is 3.03. The average Bonchev–Trinajstić information content (AvgIpc) is 2.85. The fourth-order valence-electron chi connectivity index (χ4n) is 3.03. The number of piperidine rings is 1. The fraction of sp³-hybridized carbons (Fsp3) is 0.857. The molecule has 2 amide bonds. The lowest BCUT2D eigenvalue weighted by Gasteiger charge is -2.33. The van der Waals surface area contributed by atoms with Crippen LogP contribution >= 0.6 is 0 Å². The normalized spacial score (nSPS) is 27.2. The summed E-state index contributed by atoms with van der Waals surface area (Å²) in [6.45, 7) is 3.06. The Hall–Kier alpha value is -1.14. The van der Waals surface area contributed by atoms with E-state index in [9.17, 15) is 14.7 Å². The van der Waals surface area contributed by atoms with Crippen molar-refractivity contribution < 1.29 is 19.4 Å². The summed E-state index contributed by atoms with van der Waals surface area (Å²) in [6.07, 6.45) is 2.22. The number of aliphatic hydroxyl groups excluding tert-OH is 1. The highest BCUT2D eigenvalue weighted by molar-refractivity contribution is 5.89. The third-order valence-electron chi connectivity index (χ3n) is 4.22. The average molecular weight is 284 g/mol. The molecule has 2 rings (SSSR count). The van der Waals surface area contributed by atoms with E-state index in [-0.39, 0.29) is 30.3 Å². The lowest BCUT2D eigenvalue weighted by Crippen LogP contribution is -2.44. The van der Waals surface area contributed by atoms with Crippen molar-refractivity contribution in [1.29, 1.82) is 0 Å². The molecule has 2 heterocycles. The van der Waals surface area contributed by atoms with E-state index < -0.39 is 0 Å². The summed E-state index contributed by atoms with van der Waals surface area (Å²) in [5, 5.41) is 9.22. The topological polar surface area (TPSA) is 70.1 Å². The third-order valence-corrected chi connectivity index (χ3v) is 4.22. The molecular formula is C14H24N2O4. The molecule has 6 nitrogen and oxygen atoms in total. The largest absolute Gasteiger partial charge is 0.396 e. The predicted molar refractivity (Wildman–Crippen MR) is 73.0 cm³/mol. The first-order valence-corrected chi connectivity index (χ1v) is 7.32. The quantitative estimate of drug-likeness (QED) is 0.753. The molecule has 2 fully saturated rings. The molecule has 1 N–H and O–H groups in total. The number of rotatable bonds is 5. The first kappa shape index (κ1) is 15.3. The lowest BCUT2D eigenvalue weighted by atomic mass is 9.97. The van der Waals surface area contributed by atoms with Gasteiger partial charge in [-0.15, -0.1) is 0 Å². The molecule has 2 aliphatic heterocycles. The second-order valence-corrected chi connectivity index (χ2v) is 5.71. The number of ether oxygens (including phenoxy) is 1. The molecule has 114 valence electrons. The summed E-state index contributed by atoms with van der Waals surface area (Å²) in [6, 6.07) is 0. The molecule has 6 heteroatoms. The van der Waals surface area contributed by atoms with Gasteiger partial charge in [-0.2, -0.15) is 0 Å². The van der Waals surface area contributed by atoms with E-state index in [2.05, 4.69) is 0 Å².